The molecular formula is C18H26N2O2. The van der Waals surface area contributed by atoms with Gasteiger partial charge in [-0.3, -0.25) is 4.99 Å². The summed E-state index contributed by atoms with van der Waals surface area (Å²) >= 11 is 0. The lowest BCUT2D eigenvalue weighted by atomic mass is 9.65. The highest BCUT2D eigenvalue weighted by molar-refractivity contribution is 5.86. The standard InChI is InChI=1S/C18H26N2O2/c1-19-14-7-8-18(9-10-20(2)17(18)12-14)13-5-6-15(21-3)16(11-13)22-4/h5-6,11,17H,7-10,12H2,1-4H3. The minimum atomic E-state index is 0.225. The van der Waals surface area contributed by atoms with E-state index in [9.17, 15) is 0 Å². The molecule has 1 heterocycles. The summed E-state index contributed by atoms with van der Waals surface area (Å²) in [5, 5.41) is 0. The van der Waals surface area contributed by atoms with Crippen molar-refractivity contribution in [2.75, 3.05) is 34.9 Å². The van der Waals surface area contributed by atoms with E-state index in [2.05, 4.69) is 29.1 Å². The molecule has 2 aliphatic rings. The summed E-state index contributed by atoms with van der Waals surface area (Å²) in [6.45, 7) is 1.15. The van der Waals surface area contributed by atoms with Crippen molar-refractivity contribution in [1.29, 1.82) is 0 Å². The molecule has 1 aromatic rings. The monoisotopic (exact) mass is 302 g/mol. The van der Waals surface area contributed by atoms with E-state index >= 15 is 0 Å². The first kappa shape index (κ1) is 15.3. The van der Waals surface area contributed by atoms with Crippen LogP contribution in [0.2, 0.25) is 0 Å². The largest absolute Gasteiger partial charge is 0.493 e. The average molecular weight is 302 g/mol. The molecule has 0 spiro atoms. The molecule has 22 heavy (non-hydrogen) atoms. The van der Waals surface area contributed by atoms with Gasteiger partial charge in [0.2, 0.25) is 0 Å². The summed E-state index contributed by atoms with van der Waals surface area (Å²) in [6, 6.07) is 6.99. The molecule has 1 aliphatic heterocycles. The van der Waals surface area contributed by atoms with Gasteiger partial charge < -0.3 is 14.4 Å². The average Bonchev–Trinajstić information content (AvgIpc) is 2.91. The Bertz CT molecular complexity index is 584. The van der Waals surface area contributed by atoms with Gasteiger partial charge in [-0.25, -0.2) is 0 Å². The molecule has 120 valence electrons. The molecule has 2 fully saturated rings. The first-order valence-electron chi connectivity index (χ1n) is 8.02. The molecule has 2 atom stereocenters. The Morgan fingerprint density at radius 2 is 1.95 bits per heavy atom. The van der Waals surface area contributed by atoms with Crippen LogP contribution < -0.4 is 9.47 Å². The number of ether oxygens (including phenoxy) is 2. The van der Waals surface area contributed by atoms with Crippen molar-refractivity contribution in [3.8, 4) is 11.5 Å². The molecule has 0 aromatic heterocycles. The van der Waals surface area contributed by atoms with Gasteiger partial charge in [0.25, 0.3) is 0 Å². The van der Waals surface area contributed by atoms with Crippen molar-refractivity contribution in [3.63, 3.8) is 0 Å². The number of likely N-dealkylation sites (N-methyl/N-ethyl adjacent to an activating group) is 1. The van der Waals surface area contributed by atoms with E-state index in [1.54, 1.807) is 14.2 Å². The highest BCUT2D eigenvalue weighted by atomic mass is 16.5. The van der Waals surface area contributed by atoms with E-state index < -0.39 is 0 Å². The van der Waals surface area contributed by atoms with Crippen molar-refractivity contribution in [3.05, 3.63) is 23.8 Å². The Morgan fingerprint density at radius 3 is 2.64 bits per heavy atom. The van der Waals surface area contributed by atoms with Crippen LogP contribution in [0.15, 0.2) is 23.2 Å². The summed E-state index contributed by atoms with van der Waals surface area (Å²) in [6.07, 6.45) is 4.57. The smallest absolute Gasteiger partial charge is 0.161 e. The Morgan fingerprint density at radius 1 is 1.18 bits per heavy atom. The summed E-state index contributed by atoms with van der Waals surface area (Å²) in [5.74, 6) is 1.63. The third-order valence-corrected chi connectivity index (χ3v) is 5.64. The molecule has 4 nitrogen and oxygen atoms in total. The number of likely N-dealkylation sites (tertiary alicyclic amines) is 1. The van der Waals surface area contributed by atoms with E-state index in [0.29, 0.717) is 6.04 Å². The summed E-state index contributed by atoms with van der Waals surface area (Å²) < 4.78 is 10.9. The van der Waals surface area contributed by atoms with Crippen LogP contribution in [0.25, 0.3) is 0 Å². The Labute approximate surface area is 133 Å². The molecule has 2 unspecified atom stereocenters. The molecule has 3 rings (SSSR count). The van der Waals surface area contributed by atoms with Crippen LogP contribution >= 0.6 is 0 Å². The number of methoxy groups -OCH3 is 2. The highest BCUT2D eigenvalue weighted by Gasteiger charge is 2.49. The molecule has 0 amide bonds. The van der Waals surface area contributed by atoms with Crippen molar-refractivity contribution >= 4 is 5.71 Å². The maximum Gasteiger partial charge on any atom is 0.161 e. The maximum atomic E-state index is 5.52. The normalized spacial score (nSPS) is 30.4. The number of hydrogen-bond donors (Lipinski definition) is 0. The second-order valence-electron chi connectivity index (χ2n) is 6.47. The minimum Gasteiger partial charge on any atom is -0.493 e. The highest BCUT2D eigenvalue weighted by Crippen LogP contribution is 2.49. The third-order valence-electron chi connectivity index (χ3n) is 5.64. The van der Waals surface area contributed by atoms with E-state index in [1.165, 1.54) is 24.1 Å². The second kappa shape index (κ2) is 5.92. The van der Waals surface area contributed by atoms with Crippen LogP contribution in [0.3, 0.4) is 0 Å². The van der Waals surface area contributed by atoms with Gasteiger partial charge in [0, 0.05) is 30.6 Å². The number of hydrogen-bond acceptors (Lipinski definition) is 4. The van der Waals surface area contributed by atoms with E-state index in [1.807, 2.05) is 13.1 Å². The molecule has 1 aliphatic carbocycles. The second-order valence-corrected chi connectivity index (χ2v) is 6.47. The fourth-order valence-electron chi connectivity index (χ4n) is 4.29. The van der Waals surface area contributed by atoms with Gasteiger partial charge in [-0.2, -0.15) is 0 Å². The van der Waals surface area contributed by atoms with E-state index in [-0.39, 0.29) is 5.41 Å². The first-order valence-corrected chi connectivity index (χ1v) is 8.02. The predicted molar refractivity (Wildman–Crippen MR) is 89.5 cm³/mol. The zero-order chi connectivity index (χ0) is 15.7. The number of nitrogens with zero attached hydrogens (tertiary/aromatic N) is 2. The van der Waals surface area contributed by atoms with Crippen molar-refractivity contribution < 1.29 is 9.47 Å². The molecule has 4 heteroatoms. The number of benzene rings is 1. The van der Waals surface area contributed by atoms with E-state index in [4.69, 9.17) is 9.47 Å². The summed E-state index contributed by atoms with van der Waals surface area (Å²) in [5.41, 5.74) is 2.96. The third kappa shape index (κ3) is 2.30. The van der Waals surface area contributed by atoms with Crippen molar-refractivity contribution in [1.82, 2.24) is 4.90 Å². The zero-order valence-electron chi connectivity index (χ0n) is 14.1. The fraction of sp³-hybridized carbons (Fsp3) is 0.611. The quantitative estimate of drug-likeness (QED) is 0.861. The van der Waals surface area contributed by atoms with Gasteiger partial charge >= 0.3 is 0 Å². The lowest BCUT2D eigenvalue weighted by Gasteiger charge is -2.42. The molecule has 1 saturated heterocycles. The Kier molecular flexibility index (Phi) is 4.13. The van der Waals surface area contributed by atoms with Crippen LogP contribution in [-0.4, -0.2) is 51.5 Å². The predicted octanol–water partition coefficient (Wildman–Crippen LogP) is 2.90. The van der Waals surface area contributed by atoms with Crippen LogP contribution in [-0.2, 0) is 5.41 Å². The van der Waals surface area contributed by atoms with Gasteiger partial charge in [0.15, 0.2) is 11.5 Å². The maximum absolute atomic E-state index is 5.52. The summed E-state index contributed by atoms with van der Waals surface area (Å²) in [4.78, 5) is 6.97. The molecule has 0 N–H and O–H groups in total. The number of fused-ring (bicyclic) bond motifs is 1. The fourth-order valence-corrected chi connectivity index (χ4v) is 4.29. The van der Waals surface area contributed by atoms with Crippen LogP contribution in [0.5, 0.6) is 11.5 Å². The van der Waals surface area contributed by atoms with Crippen LogP contribution in [0.4, 0.5) is 0 Å². The van der Waals surface area contributed by atoms with E-state index in [0.717, 1.165) is 30.9 Å². The van der Waals surface area contributed by atoms with Gasteiger partial charge in [-0.1, -0.05) is 6.07 Å². The van der Waals surface area contributed by atoms with Gasteiger partial charge in [0.1, 0.15) is 0 Å². The molecular weight excluding hydrogens is 276 g/mol. The summed E-state index contributed by atoms with van der Waals surface area (Å²) in [7, 11) is 7.56. The van der Waals surface area contributed by atoms with Gasteiger partial charge in [-0.15, -0.1) is 0 Å². The first-order chi connectivity index (χ1) is 10.6. The van der Waals surface area contributed by atoms with Gasteiger partial charge in [-0.05, 0) is 50.6 Å². The SMILES string of the molecule is CN=C1CCC2(c3ccc(OC)c(OC)c3)CCN(C)C2C1. The number of rotatable bonds is 3. The lowest BCUT2D eigenvalue weighted by Crippen LogP contribution is -2.46. The van der Waals surface area contributed by atoms with Crippen molar-refractivity contribution in [2.45, 2.75) is 37.1 Å². The molecule has 1 saturated carbocycles. The minimum absolute atomic E-state index is 0.225. The van der Waals surface area contributed by atoms with Crippen molar-refractivity contribution in [2.24, 2.45) is 4.99 Å². The zero-order valence-corrected chi connectivity index (χ0v) is 14.1. The Balaban J connectivity index is 2.01. The van der Waals surface area contributed by atoms with Crippen LogP contribution in [0, 0.1) is 0 Å². The molecule has 0 bridgehead atoms. The molecule has 1 aromatic carbocycles. The number of aliphatic imine (C=N–C) groups is 1. The topological polar surface area (TPSA) is 34.1 Å². The Hall–Kier alpha value is -1.55. The van der Waals surface area contributed by atoms with Gasteiger partial charge in [0.05, 0.1) is 14.2 Å². The molecule has 0 radical (unpaired) electrons. The van der Waals surface area contributed by atoms with Crippen LogP contribution in [0.1, 0.15) is 31.2 Å². The lowest BCUT2D eigenvalue weighted by molar-refractivity contribution is 0.226.